The molecule has 3 aromatic rings. The lowest BCUT2D eigenvalue weighted by Crippen LogP contribution is -2.49. The number of amides is 2. The van der Waals surface area contributed by atoms with Gasteiger partial charge in [0.1, 0.15) is 0 Å². The fourth-order valence-corrected chi connectivity index (χ4v) is 4.65. The Balaban J connectivity index is 1.22. The highest BCUT2D eigenvalue weighted by Crippen LogP contribution is 2.46. The van der Waals surface area contributed by atoms with Gasteiger partial charge in [-0.05, 0) is 49.3 Å². The Kier molecular flexibility index (Phi) is 5.88. The molecule has 0 bridgehead atoms. The summed E-state index contributed by atoms with van der Waals surface area (Å²) in [7, 11) is 0. The van der Waals surface area contributed by atoms with Crippen molar-refractivity contribution in [3.05, 3.63) is 66.2 Å². The quantitative estimate of drug-likeness (QED) is 0.606. The fraction of sp³-hybridized carbons (Fsp3) is 0.440. The lowest BCUT2D eigenvalue weighted by Gasteiger charge is -2.40. The molecular formula is C25H29N5O2. The first-order chi connectivity index (χ1) is 15.7. The minimum Gasteiger partial charge on any atom is -0.338 e. The number of aromatic nitrogens is 3. The molecular weight excluding hydrogens is 402 g/mol. The van der Waals surface area contributed by atoms with Crippen molar-refractivity contribution < 1.29 is 9.32 Å². The molecule has 5 rings (SSSR count). The highest BCUT2D eigenvalue weighted by Gasteiger charge is 2.44. The molecule has 1 saturated heterocycles. The molecule has 7 heteroatoms. The number of carbonyl (C=O) groups excluding carboxylic acids is 1. The molecule has 0 atom stereocenters. The summed E-state index contributed by atoms with van der Waals surface area (Å²) in [5.41, 5.74) is 2.00. The van der Waals surface area contributed by atoms with Gasteiger partial charge in [-0.25, -0.2) is 4.79 Å². The van der Waals surface area contributed by atoms with Crippen molar-refractivity contribution in [3.8, 4) is 11.5 Å². The summed E-state index contributed by atoms with van der Waals surface area (Å²) >= 11 is 0. The van der Waals surface area contributed by atoms with Crippen LogP contribution in [0, 0.1) is 5.92 Å². The van der Waals surface area contributed by atoms with Gasteiger partial charge in [0.15, 0.2) is 5.82 Å². The van der Waals surface area contributed by atoms with Gasteiger partial charge in [-0.1, -0.05) is 48.3 Å². The van der Waals surface area contributed by atoms with E-state index < -0.39 is 0 Å². The van der Waals surface area contributed by atoms with Crippen molar-refractivity contribution in [2.24, 2.45) is 5.92 Å². The monoisotopic (exact) mass is 431 g/mol. The summed E-state index contributed by atoms with van der Waals surface area (Å²) in [5.74, 6) is 2.07. The maximum Gasteiger partial charge on any atom is 0.317 e. The number of hydrogen-bond acceptors (Lipinski definition) is 5. The number of carbonyl (C=O) groups is 1. The number of urea groups is 1. The first-order valence-electron chi connectivity index (χ1n) is 11.5. The molecule has 0 radical (unpaired) electrons. The fourth-order valence-electron chi connectivity index (χ4n) is 4.65. The van der Waals surface area contributed by atoms with E-state index in [2.05, 4.69) is 27.6 Å². The number of piperidine rings is 1. The van der Waals surface area contributed by atoms with Crippen LogP contribution >= 0.6 is 0 Å². The Bertz CT molecular complexity index is 1020. The molecule has 3 heterocycles. The van der Waals surface area contributed by atoms with Crippen molar-refractivity contribution in [2.45, 2.75) is 43.9 Å². The molecule has 32 heavy (non-hydrogen) atoms. The Morgan fingerprint density at radius 3 is 2.56 bits per heavy atom. The van der Waals surface area contributed by atoms with Crippen molar-refractivity contribution in [3.63, 3.8) is 0 Å². The first kappa shape index (κ1) is 20.7. The van der Waals surface area contributed by atoms with Crippen molar-refractivity contribution in [2.75, 3.05) is 19.6 Å². The smallest absolute Gasteiger partial charge is 0.317 e. The number of likely N-dealkylation sites (tertiary alicyclic amines) is 1. The maximum absolute atomic E-state index is 12.7. The third-order valence-corrected chi connectivity index (χ3v) is 6.74. The van der Waals surface area contributed by atoms with E-state index in [-0.39, 0.29) is 11.4 Å². The summed E-state index contributed by atoms with van der Waals surface area (Å²) in [4.78, 5) is 23.5. The van der Waals surface area contributed by atoms with Crippen LogP contribution in [0.3, 0.4) is 0 Å². The molecule has 1 aromatic carbocycles. The van der Waals surface area contributed by atoms with Gasteiger partial charge in [0.05, 0.1) is 0 Å². The molecule has 0 spiro atoms. The molecule has 2 aliphatic rings. The summed E-state index contributed by atoms with van der Waals surface area (Å²) in [6, 6.07) is 14.0. The van der Waals surface area contributed by atoms with E-state index in [0.717, 1.165) is 43.0 Å². The van der Waals surface area contributed by atoms with Crippen LogP contribution in [-0.4, -0.2) is 45.7 Å². The topological polar surface area (TPSA) is 84.2 Å². The summed E-state index contributed by atoms with van der Waals surface area (Å²) in [6.07, 6.45) is 9.66. The van der Waals surface area contributed by atoms with Crippen molar-refractivity contribution in [1.29, 1.82) is 0 Å². The largest absolute Gasteiger partial charge is 0.338 e. The highest BCUT2D eigenvalue weighted by atomic mass is 16.5. The lowest BCUT2D eigenvalue weighted by molar-refractivity contribution is 0.144. The van der Waals surface area contributed by atoms with E-state index in [0.29, 0.717) is 25.5 Å². The average molecular weight is 432 g/mol. The zero-order chi connectivity index (χ0) is 21.8. The van der Waals surface area contributed by atoms with E-state index >= 15 is 0 Å². The Morgan fingerprint density at radius 1 is 1.09 bits per heavy atom. The molecule has 1 saturated carbocycles. The molecule has 2 amide bonds. The molecule has 2 fully saturated rings. The van der Waals surface area contributed by atoms with Gasteiger partial charge in [0.2, 0.25) is 0 Å². The van der Waals surface area contributed by atoms with Crippen LogP contribution in [0.5, 0.6) is 0 Å². The number of hydrogen-bond donors (Lipinski definition) is 1. The SMILES string of the molecule is O=C(NCCc1ccccc1)N1CCC(CC2CC2)(c2noc(-c3ccncc3)n2)CC1. The molecule has 1 N–H and O–H groups in total. The lowest BCUT2D eigenvalue weighted by atomic mass is 9.73. The van der Waals surface area contributed by atoms with Gasteiger partial charge < -0.3 is 14.7 Å². The zero-order valence-electron chi connectivity index (χ0n) is 18.2. The average Bonchev–Trinajstić information content (AvgIpc) is 3.50. The van der Waals surface area contributed by atoms with Gasteiger partial charge >= 0.3 is 6.03 Å². The van der Waals surface area contributed by atoms with E-state index in [4.69, 9.17) is 9.51 Å². The molecule has 1 aliphatic carbocycles. The Morgan fingerprint density at radius 2 is 1.84 bits per heavy atom. The standard InChI is InChI=1S/C25H29N5O2/c31-24(27-15-8-19-4-2-1-3-5-19)30-16-11-25(12-17-30,18-20-6-7-20)23-28-22(32-29-23)21-9-13-26-14-10-21/h1-5,9-10,13-14,20H,6-8,11-12,15-18H2,(H,27,31). The Hall–Kier alpha value is -3.22. The molecule has 7 nitrogen and oxygen atoms in total. The third kappa shape index (κ3) is 4.66. The summed E-state index contributed by atoms with van der Waals surface area (Å²) < 4.78 is 5.62. The van der Waals surface area contributed by atoms with Crippen LogP contribution in [-0.2, 0) is 11.8 Å². The molecule has 166 valence electrons. The second-order valence-corrected chi connectivity index (χ2v) is 9.04. The van der Waals surface area contributed by atoms with Crippen LogP contribution < -0.4 is 5.32 Å². The van der Waals surface area contributed by atoms with Gasteiger partial charge in [0, 0.05) is 43.0 Å². The van der Waals surface area contributed by atoms with Gasteiger partial charge in [-0.3, -0.25) is 4.98 Å². The predicted molar refractivity (Wildman–Crippen MR) is 121 cm³/mol. The number of pyridine rings is 1. The summed E-state index contributed by atoms with van der Waals surface area (Å²) in [5, 5.41) is 7.47. The van der Waals surface area contributed by atoms with Crippen LogP contribution in [0.15, 0.2) is 59.4 Å². The molecule has 2 aromatic heterocycles. The van der Waals surface area contributed by atoms with Crippen molar-refractivity contribution >= 4 is 6.03 Å². The van der Waals surface area contributed by atoms with Crippen LogP contribution in [0.2, 0.25) is 0 Å². The first-order valence-corrected chi connectivity index (χ1v) is 11.5. The Labute approximate surface area is 188 Å². The van der Waals surface area contributed by atoms with E-state index in [1.54, 1.807) is 12.4 Å². The van der Waals surface area contributed by atoms with Crippen LogP contribution in [0.4, 0.5) is 4.79 Å². The normalized spacial score (nSPS) is 17.8. The molecule has 1 aliphatic heterocycles. The second-order valence-electron chi connectivity index (χ2n) is 9.04. The minimum atomic E-state index is -0.114. The number of nitrogens with zero attached hydrogens (tertiary/aromatic N) is 4. The number of benzene rings is 1. The predicted octanol–water partition coefficient (Wildman–Crippen LogP) is 4.22. The van der Waals surface area contributed by atoms with E-state index in [1.807, 2.05) is 35.2 Å². The van der Waals surface area contributed by atoms with E-state index in [1.165, 1.54) is 18.4 Å². The number of rotatable bonds is 7. The number of nitrogens with one attached hydrogen (secondary N) is 1. The second kappa shape index (κ2) is 9.10. The van der Waals surface area contributed by atoms with Gasteiger partial charge in [-0.15, -0.1) is 0 Å². The summed E-state index contributed by atoms with van der Waals surface area (Å²) in [6.45, 7) is 2.07. The minimum absolute atomic E-state index is 0.0199. The van der Waals surface area contributed by atoms with E-state index in [9.17, 15) is 4.79 Å². The maximum atomic E-state index is 12.7. The third-order valence-electron chi connectivity index (χ3n) is 6.74. The van der Waals surface area contributed by atoms with Crippen LogP contribution in [0.25, 0.3) is 11.5 Å². The van der Waals surface area contributed by atoms with Gasteiger partial charge in [0.25, 0.3) is 5.89 Å². The van der Waals surface area contributed by atoms with Crippen molar-refractivity contribution in [1.82, 2.24) is 25.3 Å². The highest BCUT2D eigenvalue weighted by molar-refractivity contribution is 5.74. The van der Waals surface area contributed by atoms with Crippen LogP contribution in [0.1, 0.15) is 43.5 Å². The molecule has 0 unspecified atom stereocenters. The van der Waals surface area contributed by atoms with Gasteiger partial charge in [-0.2, -0.15) is 4.98 Å². The zero-order valence-corrected chi connectivity index (χ0v) is 18.2.